The molecule has 2 aliphatic rings. The summed E-state index contributed by atoms with van der Waals surface area (Å²) in [6.45, 7) is 2.81. The smallest absolute Gasteiger partial charge is 0.331 e. The minimum Gasteiger partial charge on any atom is -0.480 e. The summed E-state index contributed by atoms with van der Waals surface area (Å²) in [5.74, 6) is -0.949. The Morgan fingerprint density at radius 2 is 1.75 bits per heavy atom. The third kappa shape index (κ3) is 4.64. The predicted octanol–water partition coefficient (Wildman–Crippen LogP) is 0.662. The van der Waals surface area contributed by atoms with Crippen LogP contribution in [-0.4, -0.2) is 65.9 Å². The van der Waals surface area contributed by atoms with Crippen molar-refractivity contribution in [1.82, 2.24) is 15.3 Å². The van der Waals surface area contributed by atoms with E-state index >= 15 is 0 Å². The summed E-state index contributed by atoms with van der Waals surface area (Å²) >= 11 is 0. The van der Waals surface area contributed by atoms with Crippen LogP contribution in [0.4, 0.5) is 4.79 Å². The molecule has 114 valence electrons. The second-order valence-electron chi connectivity index (χ2n) is 5.36. The van der Waals surface area contributed by atoms with Crippen LogP contribution in [0.15, 0.2) is 0 Å². The molecule has 0 aromatic rings. The monoisotopic (exact) mass is 285 g/mol. The van der Waals surface area contributed by atoms with E-state index in [0.29, 0.717) is 25.9 Å². The summed E-state index contributed by atoms with van der Waals surface area (Å²) in [6.07, 6.45) is 4.83. The van der Waals surface area contributed by atoms with Crippen molar-refractivity contribution < 1.29 is 19.4 Å². The third-order valence-corrected chi connectivity index (χ3v) is 3.78. The van der Waals surface area contributed by atoms with Crippen LogP contribution in [-0.2, 0) is 9.53 Å². The number of likely N-dealkylation sites (tertiary alicyclic amines) is 1. The number of urea groups is 1. The van der Waals surface area contributed by atoms with Crippen LogP contribution < -0.4 is 5.43 Å². The van der Waals surface area contributed by atoms with E-state index in [4.69, 9.17) is 9.84 Å². The molecule has 20 heavy (non-hydrogen) atoms. The van der Waals surface area contributed by atoms with Crippen LogP contribution >= 0.6 is 0 Å². The third-order valence-electron chi connectivity index (χ3n) is 3.78. The zero-order chi connectivity index (χ0) is 14.4. The molecule has 7 heteroatoms. The van der Waals surface area contributed by atoms with Gasteiger partial charge in [-0.3, -0.25) is 5.43 Å². The summed E-state index contributed by atoms with van der Waals surface area (Å²) in [6, 6.07) is -0.0522. The molecule has 0 aliphatic carbocycles. The number of carboxylic acid groups (broad SMARTS) is 1. The number of hydrazine groups is 1. The molecular formula is C13H23N3O4. The maximum atomic E-state index is 12.1. The predicted molar refractivity (Wildman–Crippen MR) is 72.1 cm³/mol. The molecule has 0 spiro atoms. The van der Waals surface area contributed by atoms with Crippen LogP contribution in [0.5, 0.6) is 0 Å². The maximum Gasteiger partial charge on any atom is 0.331 e. The largest absolute Gasteiger partial charge is 0.480 e. The number of nitrogens with zero attached hydrogens (tertiary/aromatic N) is 2. The lowest BCUT2D eigenvalue weighted by Crippen LogP contribution is -2.53. The SMILES string of the molecule is O=C(O)COC1CCN(C(=O)NN2CCCCC2)CC1. The first-order valence-electron chi connectivity index (χ1n) is 7.29. The van der Waals surface area contributed by atoms with Crippen LogP contribution in [0.25, 0.3) is 0 Å². The average Bonchev–Trinajstić information content (AvgIpc) is 2.46. The van der Waals surface area contributed by atoms with Crippen LogP contribution in [0.1, 0.15) is 32.1 Å². The van der Waals surface area contributed by atoms with Crippen molar-refractivity contribution in [2.75, 3.05) is 32.8 Å². The molecule has 0 radical (unpaired) electrons. The summed E-state index contributed by atoms with van der Waals surface area (Å²) in [4.78, 5) is 24.3. The van der Waals surface area contributed by atoms with E-state index in [-0.39, 0.29) is 18.7 Å². The lowest BCUT2D eigenvalue weighted by Gasteiger charge is -2.34. The zero-order valence-electron chi connectivity index (χ0n) is 11.7. The Hall–Kier alpha value is -1.34. The fourth-order valence-corrected chi connectivity index (χ4v) is 2.63. The lowest BCUT2D eigenvalue weighted by molar-refractivity contribution is -0.145. The molecule has 2 fully saturated rings. The number of hydrogen-bond acceptors (Lipinski definition) is 4. The first-order valence-corrected chi connectivity index (χ1v) is 7.29. The van der Waals surface area contributed by atoms with Crippen molar-refractivity contribution in [3.05, 3.63) is 0 Å². The van der Waals surface area contributed by atoms with Gasteiger partial charge in [0.05, 0.1) is 6.10 Å². The molecule has 0 saturated carbocycles. The van der Waals surface area contributed by atoms with Crippen LogP contribution in [0.2, 0.25) is 0 Å². The number of ether oxygens (including phenoxy) is 1. The van der Waals surface area contributed by atoms with Gasteiger partial charge in [0.15, 0.2) is 0 Å². The molecule has 7 nitrogen and oxygen atoms in total. The van der Waals surface area contributed by atoms with E-state index < -0.39 is 5.97 Å². The van der Waals surface area contributed by atoms with Gasteiger partial charge in [0.25, 0.3) is 0 Å². The molecule has 0 aromatic heterocycles. The molecular weight excluding hydrogens is 262 g/mol. The van der Waals surface area contributed by atoms with Gasteiger partial charge in [-0.1, -0.05) is 6.42 Å². The normalized spacial score (nSPS) is 21.7. The van der Waals surface area contributed by atoms with Crippen molar-refractivity contribution in [1.29, 1.82) is 0 Å². The molecule has 0 aromatic carbocycles. The fraction of sp³-hybridized carbons (Fsp3) is 0.846. The number of amides is 2. The maximum absolute atomic E-state index is 12.1. The second kappa shape index (κ2) is 7.44. The minimum atomic E-state index is -0.949. The van der Waals surface area contributed by atoms with E-state index in [9.17, 15) is 9.59 Å². The van der Waals surface area contributed by atoms with Crippen LogP contribution in [0, 0.1) is 0 Å². The van der Waals surface area contributed by atoms with Gasteiger partial charge < -0.3 is 14.7 Å². The van der Waals surface area contributed by atoms with Crippen molar-refractivity contribution in [3.8, 4) is 0 Å². The molecule has 2 N–H and O–H groups in total. The van der Waals surface area contributed by atoms with Crippen LogP contribution in [0.3, 0.4) is 0 Å². The van der Waals surface area contributed by atoms with Gasteiger partial charge in [-0.2, -0.15) is 0 Å². The highest BCUT2D eigenvalue weighted by Gasteiger charge is 2.25. The van der Waals surface area contributed by atoms with Gasteiger partial charge in [0, 0.05) is 26.2 Å². The van der Waals surface area contributed by atoms with E-state index in [1.807, 2.05) is 5.01 Å². The second-order valence-corrected chi connectivity index (χ2v) is 5.36. The van der Waals surface area contributed by atoms with Gasteiger partial charge in [0.2, 0.25) is 0 Å². The van der Waals surface area contributed by atoms with Crippen molar-refractivity contribution in [2.45, 2.75) is 38.2 Å². The van der Waals surface area contributed by atoms with E-state index in [2.05, 4.69) is 5.43 Å². The Balaban J connectivity index is 1.67. The highest BCUT2D eigenvalue weighted by Crippen LogP contribution is 2.14. The molecule has 0 bridgehead atoms. The first-order chi connectivity index (χ1) is 9.65. The van der Waals surface area contributed by atoms with E-state index in [0.717, 1.165) is 25.9 Å². The summed E-state index contributed by atoms with van der Waals surface area (Å²) in [5, 5.41) is 10.5. The Labute approximate surface area is 118 Å². The number of rotatable bonds is 4. The minimum absolute atomic E-state index is 0.0508. The average molecular weight is 285 g/mol. The first kappa shape index (κ1) is 15.1. The molecule has 0 atom stereocenters. The molecule has 2 rings (SSSR count). The lowest BCUT2D eigenvalue weighted by atomic mass is 10.1. The molecule has 2 amide bonds. The summed E-state index contributed by atoms with van der Waals surface area (Å²) < 4.78 is 5.25. The van der Waals surface area contributed by atoms with Gasteiger partial charge in [-0.25, -0.2) is 14.6 Å². The molecule has 2 saturated heterocycles. The van der Waals surface area contributed by atoms with Crippen molar-refractivity contribution in [2.24, 2.45) is 0 Å². The Kier molecular flexibility index (Phi) is 5.60. The van der Waals surface area contributed by atoms with Gasteiger partial charge in [-0.05, 0) is 25.7 Å². The Bertz CT molecular complexity index is 337. The molecule has 2 aliphatic heterocycles. The van der Waals surface area contributed by atoms with E-state index in [1.54, 1.807) is 4.90 Å². The number of aliphatic carboxylic acids is 1. The van der Waals surface area contributed by atoms with Gasteiger partial charge in [-0.15, -0.1) is 0 Å². The number of carboxylic acids is 1. The fourth-order valence-electron chi connectivity index (χ4n) is 2.63. The zero-order valence-corrected chi connectivity index (χ0v) is 11.7. The van der Waals surface area contributed by atoms with Gasteiger partial charge >= 0.3 is 12.0 Å². The molecule has 0 unspecified atom stereocenters. The van der Waals surface area contributed by atoms with Crippen molar-refractivity contribution in [3.63, 3.8) is 0 Å². The highest BCUT2D eigenvalue weighted by atomic mass is 16.5. The standard InChI is InChI=1S/C13H23N3O4/c17-12(18)10-20-11-4-8-15(9-5-11)13(19)14-16-6-2-1-3-7-16/h11H,1-10H2,(H,14,19)(H,17,18). The topological polar surface area (TPSA) is 82.1 Å². The van der Waals surface area contributed by atoms with E-state index in [1.165, 1.54) is 6.42 Å². The summed E-state index contributed by atoms with van der Waals surface area (Å²) in [7, 11) is 0. The number of carbonyl (C=O) groups is 2. The summed E-state index contributed by atoms with van der Waals surface area (Å²) in [5.41, 5.74) is 2.94. The number of nitrogens with one attached hydrogen (secondary N) is 1. The van der Waals surface area contributed by atoms with Gasteiger partial charge in [0.1, 0.15) is 6.61 Å². The molecule has 2 heterocycles. The Morgan fingerprint density at radius 3 is 2.35 bits per heavy atom. The van der Waals surface area contributed by atoms with Crippen molar-refractivity contribution >= 4 is 12.0 Å². The highest BCUT2D eigenvalue weighted by molar-refractivity contribution is 5.73. The number of piperidine rings is 2. The quantitative estimate of drug-likeness (QED) is 0.793. The number of hydrogen-bond donors (Lipinski definition) is 2. The Morgan fingerprint density at radius 1 is 1.10 bits per heavy atom. The number of carbonyl (C=O) groups excluding carboxylic acids is 1.